The fraction of sp³-hybridized carbons (Fsp3) is 0.692. The lowest BCUT2D eigenvalue weighted by Gasteiger charge is -2.40. The molecule has 1 rings (SSSR count). The van der Waals surface area contributed by atoms with Gasteiger partial charge in [-0.15, -0.1) is 11.3 Å². The van der Waals surface area contributed by atoms with Gasteiger partial charge in [-0.25, -0.2) is 0 Å². The van der Waals surface area contributed by atoms with Crippen LogP contribution in [0.2, 0.25) is 0 Å². The van der Waals surface area contributed by atoms with Gasteiger partial charge in [-0.1, -0.05) is 26.3 Å². The fourth-order valence-corrected chi connectivity index (χ4v) is 3.07. The van der Waals surface area contributed by atoms with Gasteiger partial charge in [0.1, 0.15) is 0 Å². The Bertz CT molecular complexity index is 278. The molecule has 0 radical (unpaired) electrons. The van der Waals surface area contributed by atoms with E-state index in [-0.39, 0.29) is 5.54 Å². The highest BCUT2D eigenvalue weighted by atomic mass is 32.1. The molecule has 1 heterocycles. The van der Waals surface area contributed by atoms with Gasteiger partial charge in [0.05, 0.1) is 0 Å². The van der Waals surface area contributed by atoms with E-state index in [0.717, 1.165) is 19.5 Å². The second-order valence-electron chi connectivity index (χ2n) is 4.47. The first-order chi connectivity index (χ1) is 7.68. The van der Waals surface area contributed by atoms with Crippen molar-refractivity contribution in [2.75, 3.05) is 13.6 Å². The van der Waals surface area contributed by atoms with Crippen molar-refractivity contribution in [2.45, 2.75) is 45.2 Å². The summed E-state index contributed by atoms with van der Waals surface area (Å²) in [6, 6.07) is 4.31. The summed E-state index contributed by atoms with van der Waals surface area (Å²) in [7, 11) is 2.20. The quantitative estimate of drug-likeness (QED) is 0.793. The minimum absolute atomic E-state index is 0.179. The fourth-order valence-electron chi connectivity index (χ4n) is 2.31. The summed E-state index contributed by atoms with van der Waals surface area (Å²) in [5, 5.41) is 2.14. The summed E-state index contributed by atoms with van der Waals surface area (Å²) < 4.78 is 0. The highest BCUT2D eigenvalue weighted by molar-refractivity contribution is 7.09. The molecule has 92 valence electrons. The largest absolute Gasteiger partial charge is 0.329 e. The third-order valence-corrected chi connectivity index (χ3v) is 4.40. The van der Waals surface area contributed by atoms with E-state index in [1.807, 2.05) is 11.3 Å². The van der Waals surface area contributed by atoms with Gasteiger partial charge < -0.3 is 5.73 Å². The van der Waals surface area contributed by atoms with E-state index in [1.165, 1.54) is 17.7 Å². The van der Waals surface area contributed by atoms with Crippen molar-refractivity contribution in [3.63, 3.8) is 0 Å². The number of nitrogens with zero attached hydrogens (tertiary/aromatic N) is 1. The minimum atomic E-state index is 0.179. The summed E-state index contributed by atoms with van der Waals surface area (Å²) in [5.74, 6) is 0. The lowest BCUT2D eigenvalue weighted by molar-refractivity contribution is 0.103. The average Bonchev–Trinajstić information content (AvgIpc) is 2.78. The maximum atomic E-state index is 6.00. The molecule has 1 aromatic heterocycles. The van der Waals surface area contributed by atoms with Crippen molar-refractivity contribution < 1.29 is 0 Å². The summed E-state index contributed by atoms with van der Waals surface area (Å²) in [6.45, 7) is 6.24. The monoisotopic (exact) mass is 240 g/mol. The number of thiophene rings is 1. The van der Waals surface area contributed by atoms with Crippen LogP contribution in [0.25, 0.3) is 0 Å². The topological polar surface area (TPSA) is 29.3 Å². The predicted molar refractivity (Wildman–Crippen MR) is 72.8 cm³/mol. The molecule has 0 spiro atoms. The zero-order valence-electron chi connectivity index (χ0n) is 10.7. The molecule has 0 aromatic carbocycles. The standard InChI is InChI=1S/C13H24N2S/c1-4-8-13(5-2,11-14)15(3)10-12-7-6-9-16-12/h6-7,9H,4-5,8,10-11,14H2,1-3H3. The Balaban J connectivity index is 2.70. The van der Waals surface area contributed by atoms with E-state index in [9.17, 15) is 0 Å². The van der Waals surface area contributed by atoms with Crippen LogP contribution in [0.1, 0.15) is 38.0 Å². The van der Waals surface area contributed by atoms with Crippen LogP contribution in [0.5, 0.6) is 0 Å². The van der Waals surface area contributed by atoms with Crippen LogP contribution in [-0.4, -0.2) is 24.0 Å². The van der Waals surface area contributed by atoms with Gasteiger partial charge in [0.15, 0.2) is 0 Å². The van der Waals surface area contributed by atoms with Crippen molar-refractivity contribution >= 4 is 11.3 Å². The van der Waals surface area contributed by atoms with Crippen LogP contribution in [-0.2, 0) is 6.54 Å². The van der Waals surface area contributed by atoms with Crippen molar-refractivity contribution in [3.05, 3.63) is 22.4 Å². The Morgan fingerprint density at radius 3 is 2.62 bits per heavy atom. The lowest BCUT2D eigenvalue weighted by atomic mass is 9.89. The van der Waals surface area contributed by atoms with Crippen LogP contribution in [0.3, 0.4) is 0 Å². The molecular weight excluding hydrogens is 216 g/mol. The van der Waals surface area contributed by atoms with Crippen LogP contribution in [0, 0.1) is 0 Å². The number of hydrogen-bond acceptors (Lipinski definition) is 3. The van der Waals surface area contributed by atoms with Gasteiger partial charge in [0.2, 0.25) is 0 Å². The molecule has 0 aliphatic heterocycles. The maximum Gasteiger partial charge on any atom is 0.0330 e. The maximum absolute atomic E-state index is 6.00. The van der Waals surface area contributed by atoms with Gasteiger partial charge in [-0.3, -0.25) is 4.90 Å². The second-order valence-corrected chi connectivity index (χ2v) is 5.50. The summed E-state index contributed by atoms with van der Waals surface area (Å²) in [4.78, 5) is 3.85. The molecule has 1 unspecified atom stereocenters. The van der Waals surface area contributed by atoms with Crippen LogP contribution < -0.4 is 5.73 Å². The van der Waals surface area contributed by atoms with Crippen LogP contribution in [0.15, 0.2) is 17.5 Å². The molecule has 0 bridgehead atoms. The Morgan fingerprint density at radius 1 is 1.44 bits per heavy atom. The second kappa shape index (κ2) is 6.38. The van der Waals surface area contributed by atoms with Crippen LogP contribution >= 0.6 is 11.3 Å². The van der Waals surface area contributed by atoms with E-state index in [4.69, 9.17) is 5.73 Å². The van der Waals surface area contributed by atoms with E-state index in [2.05, 4.69) is 43.3 Å². The highest BCUT2D eigenvalue weighted by Gasteiger charge is 2.30. The third kappa shape index (κ3) is 3.06. The minimum Gasteiger partial charge on any atom is -0.329 e. The van der Waals surface area contributed by atoms with Gasteiger partial charge >= 0.3 is 0 Å². The van der Waals surface area contributed by atoms with Gasteiger partial charge in [-0.05, 0) is 31.3 Å². The van der Waals surface area contributed by atoms with E-state index >= 15 is 0 Å². The number of rotatable bonds is 7. The molecule has 0 aliphatic rings. The number of likely N-dealkylation sites (N-methyl/N-ethyl adjacent to an activating group) is 1. The summed E-state index contributed by atoms with van der Waals surface area (Å²) in [5.41, 5.74) is 6.18. The van der Waals surface area contributed by atoms with E-state index in [1.54, 1.807) is 0 Å². The molecule has 0 saturated carbocycles. The Kier molecular flexibility index (Phi) is 5.46. The van der Waals surface area contributed by atoms with Crippen LogP contribution in [0.4, 0.5) is 0 Å². The normalized spacial score (nSPS) is 15.3. The summed E-state index contributed by atoms with van der Waals surface area (Å²) >= 11 is 1.82. The molecule has 0 aliphatic carbocycles. The SMILES string of the molecule is CCCC(CC)(CN)N(C)Cc1cccs1. The van der Waals surface area contributed by atoms with Crippen molar-refractivity contribution in [3.8, 4) is 0 Å². The molecule has 2 N–H and O–H groups in total. The van der Waals surface area contributed by atoms with Crippen molar-refractivity contribution in [1.29, 1.82) is 0 Å². The average molecular weight is 240 g/mol. The first-order valence-corrected chi connectivity index (χ1v) is 7.00. The van der Waals surface area contributed by atoms with Crippen molar-refractivity contribution in [2.24, 2.45) is 5.73 Å². The Hall–Kier alpha value is -0.380. The molecule has 16 heavy (non-hydrogen) atoms. The Labute approximate surface area is 103 Å². The lowest BCUT2D eigenvalue weighted by Crippen LogP contribution is -2.51. The molecular formula is C13H24N2S. The van der Waals surface area contributed by atoms with Gasteiger partial charge in [0.25, 0.3) is 0 Å². The summed E-state index contributed by atoms with van der Waals surface area (Å²) in [6.07, 6.45) is 3.50. The molecule has 1 atom stereocenters. The molecule has 0 fully saturated rings. The molecule has 3 heteroatoms. The highest BCUT2D eigenvalue weighted by Crippen LogP contribution is 2.26. The first kappa shape index (κ1) is 13.7. The van der Waals surface area contributed by atoms with Gasteiger partial charge in [0, 0.05) is 23.5 Å². The Morgan fingerprint density at radius 2 is 2.19 bits per heavy atom. The molecule has 0 saturated heterocycles. The van der Waals surface area contributed by atoms with Crippen molar-refractivity contribution in [1.82, 2.24) is 4.90 Å². The first-order valence-electron chi connectivity index (χ1n) is 6.12. The molecule has 1 aromatic rings. The molecule has 0 amide bonds. The third-order valence-electron chi connectivity index (χ3n) is 3.54. The number of hydrogen-bond donors (Lipinski definition) is 1. The zero-order valence-corrected chi connectivity index (χ0v) is 11.5. The van der Waals surface area contributed by atoms with E-state index < -0.39 is 0 Å². The van der Waals surface area contributed by atoms with Gasteiger partial charge in [-0.2, -0.15) is 0 Å². The van der Waals surface area contributed by atoms with E-state index in [0.29, 0.717) is 0 Å². The number of nitrogens with two attached hydrogens (primary N) is 1. The predicted octanol–water partition coefficient (Wildman–Crippen LogP) is 3.09. The zero-order chi connectivity index (χ0) is 12.0. The smallest absolute Gasteiger partial charge is 0.0330 e. The molecule has 2 nitrogen and oxygen atoms in total.